The van der Waals surface area contributed by atoms with Crippen LogP contribution < -0.4 is 11.1 Å². The molecule has 0 spiro atoms. The third-order valence-electron chi connectivity index (χ3n) is 3.02. The molecule has 1 aromatic heterocycles. The molecule has 0 aliphatic heterocycles. The molecule has 0 radical (unpaired) electrons. The van der Waals surface area contributed by atoms with Crippen molar-refractivity contribution in [1.29, 1.82) is 0 Å². The molecule has 5 heteroatoms. The largest absolute Gasteiger partial charge is 0.388 e. The molecule has 2 rings (SSSR count). The summed E-state index contributed by atoms with van der Waals surface area (Å²) < 4.78 is 0. The normalized spacial score (nSPS) is 10.4. The SMILES string of the molecule is Cc1cc(C)c(Nc2nc(C)cc(C(N)=S)n2)c(C)c1. The molecule has 3 N–H and O–H groups in total. The standard InChI is InChI=1S/C15H18N4S/c1-8-5-9(2)13(10(3)6-8)19-15-17-11(4)7-12(18-15)14(16)20/h5-7H,1-4H3,(H2,16,20)(H,17,18,19). The van der Waals surface area contributed by atoms with E-state index in [0.29, 0.717) is 11.6 Å². The zero-order chi connectivity index (χ0) is 14.9. The maximum absolute atomic E-state index is 5.64. The van der Waals surface area contributed by atoms with E-state index in [-0.39, 0.29) is 4.99 Å². The molecule has 0 unspecified atom stereocenters. The van der Waals surface area contributed by atoms with Gasteiger partial charge in [0.2, 0.25) is 5.95 Å². The maximum atomic E-state index is 5.64. The molecule has 1 aromatic carbocycles. The quantitative estimate of drug-likeness (QED) is 0.849. The fraction of sp³-hybridized carbons (Fsp3) is 0.267. The monoisotopic (exact) mass is 286 g/mol. The summed E-state index contributed by atoms with van der Waals surface area (Å²) in [4.78, 5) is 9.00. The van der Waals surface area contributed by atoms with Crippen LogP contribution in [0.15, 0.2) is 18.2 Å². The number of nitrogens with one attached hydrogen (secondary N) is 1. The van der Waals surface area contributed by atoms with Gasteiger partial charge in [-0.25, -0.2) is 9.97 Å². The minimum Gasteiger partial charge on any atom is -0.388 e. The summed E-state index contributed by atoms with van der Waals surface area (Å²) in [7, 11) is 0. The van der Waals surface area contributed by atoms with E-state index in [1.54, 1.807) is 6.07 Å². The molecule has 0 aliphatic carbocycles. The van der Waals surface area contributed by atoms with Gasteiger partial charge in [-0.15, -0.1) is 0 Å². The summed E-state index contributed by atoms with van der Waals surface area (Å²) >= 11 is 4.97. The number of benzene rings is 1. The number of hydrogen-bond acceptors (Lipinski definition) is 4. The topological polar surface area (TPSA) is 63.8 Å². The Balaban J connectivity index is 2.42. The van der Waals surface area contributed by atoms with Crippen molar-refractivity contribution in [3.8, 4) is 0 Å². The average molecular weight is 286 g/mol. The molecule has 0 saturated heterocycles. The first-order chi connectivity index (χ1) is 9.36. The number of anilines is 2. The number of thiocarbonyl (C=S) groups is 1. The summed E-state index contributed by atoms with van der Waals surface area (Å²) in [5, 5.41) is 3.27. The van der Waals surface area contributed by atoms with E-state index < -0.39 is 0 Å². The van der Waals surface area contributed by atoms with Gasteiger partial charge in [-0.1, -0.05) is 29.9 Å². The van der Waals surface area contributed by atoms with Crippen LogP contribution in [0.5, 0.6) is 0 Å². The minimum atomic E-state index is 0.274. The van der Waals surface area contributed by atoms with Crippen molar-refractivity contribution in [2.24, 2.45) is 5.73 Å². The molecule has 0 amide bonds. The lowest BCUT2D eigenvalue weighted by atomic mass is 10.1. The molecule has 0 fully saturated rings. The third kappa shape index (κ3) is 3.11. The van der Waals surface area contributed by atoms with Gasteiger partial charge in [0.25, 0.3) is 0 Å². The van der Waals surface area contributed by atoms with Crippen LogP contribution in [0.3, 0.4) is 0 Å². The predicted octanol–water partition coefficient (Wildman–Crippen LogP) is 3.09. The second-order valence-corrected chi connectivity index (χ2v) is 5.42. The lowest BCUT2D eigenvalue weighted by Crippen LogP contribution is -2.14. The zero-order valence-corrected chi connectivity index (χ0v) is 12.9. The summed E-state index contributed by atoms with van der Waals surface area (Å²) in [5.74, 6) is 0.517. The molecule has 0 bridgehead atoms. The molecule has 0 saturated carbocycles. The highest BCUT2D eigenvalue weighted by Crippen LogP contribution is 2.24. The highest BCUT2D eigenvalue weighted by atomic mass is 32.1. The second kappa shape index (κ2) is 5.54. The summed E-state index contributed by atoms with van der Waals surface area (Å²) in [6.45, 7) is 8.10. The molecular formula is C15H18N4S. The smallest absolute Gasteiger partial charge is 0.228 e. The van der Waals surface area contributed by atoms with E-state index >= 15 is 0 Å². The van der Waals surface area contributed by atoms with Crippen molar-refractivity contribution in [2.75, 3.05) is 5.32 Å². The van der Waals surface area contributed by atoms with E-state index in [9.17, 15) is 0 Å². The van der Waals surface area contributed by atoms with Gasteiger partial charge in [0, 0.05) is 11.4 Å². The molecule has 1 heterocycles. The van der Waals surface area contributed by atoms with Crippen LogP contribution in [0.2, 0.25) is 0 Å². The Kier molecular flexibility index (Phi) is 3.99. The second-order valence-electron chi connectivity index (χ2n) is 4.98. The van der Waals surface area contributed by atoms with Gasteiger partial charge in [-0.3, -0.25) is 0 Å². The van der Waals surface area contributed by atoms with Crippen LogP contribution in [0.25, 0.3) is 0 Å². The summed E-state index contributed by atoms with van der Waals surface area (Å²) in [6, 6.07) is 6.03. The van der Waals surface area contributed by atoms with Crippen LogP contribution in [0, 0.1) is 27.7 Å². The first-order valence-electron chi connectivity index (χ1n) is 6.37. The molecule has 2 aromatic rings. The van der Waals surface area contributed by atoms with Crippen LogP contribution in [0.4, 0.5) is 11.6 Å². The minimum absolute atomic E-state index is 0.274. The number of nitrogens with zero attached hydrogens (tertiary/aromatic N) is 2. The lowest BCUT2D eigenvalue weighted by Gasteiger charge is -2.13. The number of nitrogens with two attached hydrogens (primary N) is 1. The van der Waals surface area contributed by atoms with Gasteiger partial charge in [-0.05, 0) is 44.9 Å². The van der Waals surface area contributed by atoms with Gasteiger partial charge in [0.1, 0.15) is 10.7 Å². The maximum Gasteiger partial charge on any atom is 0.228 e. The molecule has 0 atom stereocenters. The molecule has 20 heavy (non-hydrogen) atoms. The van der Waals surface area contributed by atoms with Crippen LogP contribution in [-0.4, -0.2) is 15.0 Å². The van der Waals surface area contributed by atoms with Crippen LogP contribution in [-0.2, 0) is 0 Å². The Labute approximate surface area is 124 Å². The number of aromatic nitrogens is 2. The Bertz CT molecular complexity index is 657. The van der Waals surface area contributed by atoms with Gasteiger partial charge in [-0.2, -0.15) is 0 Å². The van der Waals surface area contributed by atoms with Crippen molar-refractivity contribution in [3.63, 3.8) is 0 Å². The fourth-order valence-corrected chi connectivity index (χ4v) is 2.34. The first-order valence-corrected chi connectivity index (χ1v) is 6.78. The Morgan fingerprint density at radius 3 is 2.20 bits per heavy atom. The average Bonchev–Trinajstić information content (AvgIpc) is 2.33. The van der Waals surface area contributed by atoms with E-state index in [1.807, 2.05) is 6.92 Å². The summed E-state index contributed by atoms with van der Waals surface area (Å²) in [5.41, 5.74) is 11.6. The highest BCUT2D eigenvalue weighted by Gasteiger charge is 2.08. The third-order valence-corrected chi connectivity index (χ3v) is 3.23. The Morgan fingerprint density at radius 1 is 1.05 bits per heavy atom. The van der Waals surface area contributed by atoms with Crippen molar-refractivity contribution >= 4 is 28.8 Å². The van der Waals surface area contributed by atoms with E-state index in [1.165, 1.54) is 5.56 Å². The van der Waals surface area contributed by atoms with Crippen molar-refractivity contribution in [2.45, 2.75) is 27.7 Å². The number of hydrogen-bond donors (Lipinski definition) is 2. The zero-order valence-electron chi connectivity index (χ0n) is 12.1. The van der Waals surface area contributed by atoms with Gasteiger partial charge < -0.3 is 11.1 Å². The number of rotatable bonds is 3. The van der Waals surface area contributed by atoms with Crippen molar-refractivity contribution in [3.05, 3.63) is 46.3 Å². The lowest BCUT2D eigenvalue weighted by molar-refractivity contribution is 1.09. The van der Waals surface area contributed by atoms with E-state index in [4.69, 9.17) is 18.0 Å². The van der Waals surface area contributed by atoms with Gasteiger partial charge in [0.05, 0.1) is 0 Å². The van der Waals surface area contributed by atoms with Crippen molar-refractivity contribution < 1.29 is 0 Å². The van der Waals surface area contributed by atoms with E-state index in [2.05, 4.69) is 48.2 Å². The summed E-state index contributed by atoms with van der Waals surface area (Å²) in [6.07, 6.45) is 0. The number of aryl methyl sites for hydroxylation is 4. The van der Waals surface area contributed by atoms with E-state index in [0.717, 1.165) is 22.5 Å². The van der Waals surface area contributed by atoms with Crippen LogP contribution in [0.1, 0.15) is 28.1 Å². The van der Waals surface area contributed by atoms with Crippen LogP contribution >= 0.6 is 12.2 Å². The molecule has 0 aliphatic rings. The van der Waals surface area contributed by atoms with Gasteiger partial charge in [0.15, 0.2) is 0 Å². The first kappa shape index (κ1) is 14.4. The molecular weight excluding hydrogens is 268 g/mol. The molecule has 104 valence electrons. The van der Waals surface area contributed by atoms with Crippen molar-refractivity contribution in [1.82, 2.24) is 9.97 Å². The van der Waals surface area contributed by atoms with Gasteiger partial charge >= 0.3 is 0 Å². The Morgan fingerprint density at radius 2 is 1.65 bits per heavy atom. The molecule has 4 nitrogen and oxygen atoms in total. The predicted molar refractivity (Wildman–Crippen MR) is 86.6 cm³/mol. The highest BCUT2D eigenvalue weighted by molar-refractivity contribution is 7.80. The Hall–Kier alpha value is -2.01. The fourth-order valence-electron chi connectivity index (χ4n) is 2.24.